The summed E-state index contributed by atoms with van der Waals surface area (Å²) in [7, 11) is 3.29. The summed E-state index contributed by atoms with van der Waals surface area (Å²) in [5.74, 6) is -0.207. The summed E-state index contributed by atoms with van der Waals surface area (Å²) >= 11 is 1.31. The third-order valence-corrected chi connectivity index (χ3v) is 4.39. The highest BCUT2D eigenvalue weighted by molar-refractivity contribution is 7.14. The number of hydrogen-bond acceptors (Lipinski definition) is 6. The van der Waals surface area contributed by atoms with Crippen LogP contribution in [0.3, 0.4) is 0 Å². The van der Waals surface area contributed by atoms with Crippen LogP contribution in [0.5, 0.6) is 5.75 Å². The average Bonchev–Trinajstić information content (AvgIpc) is 3.15. The maximum atomic E-state index is 12.6. The molecule has 0 spiro atoms. The molecule has 0 radical (unpaired) electrons. The first-order valence-electron chi connectivity index (χ1n) is 8.15. The molecule has 1 N–H and O–H groups in total. The zero-order chi connectivity index (χ0) is 19.2. The molecule has 0 aliphatic heterocycles. The number of aromatic nitrogens is 2. The molecule has 0 aliphatic carbocycles. The Morgan fingerprint density at radius 1 is 1.11 bits per heavy atom. The van der Waals surface area contributed by atoms with Crippen molar-refractivity contribution in [1.82, 2.24) is 14.9 Å². The highest BCUT2D eigenvalue weighted by Crippen LogP contribution is 2.25. The third kappa shape index (κ3) is 4.68. The fourth-order valence-corrected chi connectivity index (χ4v) is 2.88. The predicted octanol–water partition coefficient (Wildman–Crippen LogP) is 2.92. The quantitative estimate of drug-likeness (QED) is 0.709. The normalized spacial score (nSPS) is 10.3. The molecule has 0 saturated heterocycles. The summed E-state index contributed by atoms with van der Waals surface area (Å²) in [5, 5.41) is 5.05. The fraction of sp³-hybridized carbons (Fsp3) is 0.158. The second-order valence-electron chi connectivity index (χ2n) is 5.78. The van der Waals surface area contributed by atoms with Crippen molar-refractivity contribution in [3.63, 3.8) is 0 Å². The van der Waals surface area contributed by atoms with E-state index in [4.69, 9.17) is 4.74 Å². The van der Waals surface area contributed by atoms with Gasteiger partial charge in [-0.1, -0.05) is 18.2 Å². The van der Waals surface area contributed by atoms with Gasteiger partial charge in [0.15, 0.2) is 11.7 Å². The summed E-state index contributed by atoms with van der Waals surface area (Å²) in [5.41, 5.74) is 1.76. The molecule has 1 aromatic carbocycles. The standard InChI is InChI=1S/C19H18N4O3S/c1-23(2)17(24)11-26-16-9-4-3-7-13(16)18(25)22-19-21-15(12-27-19)14-8-5-6-10-20-14/h3-10,12H,11H2,1-2H3,(H,21,22,25). The van der Waals surface area contributed by atoms with E-state index in [1.165, 1.54) is 16.2 Å². The molecule has 0 atom stereocenters. The van der Waals surface area contributed by atoms with E-state index in [-0.39, 0.29) is 18.4 Å². The van der Waals surface area contributed by atoms with Crippen LogP contribution in [0.4, 0.5) is 5.13 Å². The largest absolute Gasteiger partial charge is 0.483 e. The first-order valence-corrected chi connectivity index (χ1v) is 9.03. The van der Waals surface area contributed by atoms with Crippen LogP contribution in [0, 0.1) is 0 Å². The van der Waals surface area contributed by atoms with E-state index >= 15 is 0 Å². The zero-order valence-electron chi connectivity index (χ0n) is 14.9. The molecule has 2 amide bonds. The highest BCUT2D eigenvalue weighted by Gasteiger charge is 2.16. The van der Waals surface area contributed by atoms with E-state index in [0.717, 1.165) is 5.69 Å². The van der Waals surface area contributed by atoms with Crippen molar-refractivity contribution in [3.8, 4) is 17.1 Å². The lowest BCUT2D eigenvalue weighted by atomic mass is 10.2. The monoisotopic (exact) mass is 382 g/mol. The van der Waals surface area contributed by atoms with Gasteiger partial charge in [-0.3, -0.25) is 19.9 Å². The van der Waals surface area contributed by atoms with E-state index in [1.54, 1.807) is 44.6 Å². The Balaban J connectivity index is 1.72. The smallest absolute Gasteiger partial charge is 0.261 e. The Morgan fingerprint density at radius 2 is 1.89 bits per heavy atom. The number of thiazole rings is 1. The molecule has 3 rings (SSSR count). The second-order valence-corrected chi connectivity index (χ2v) is 6.64. The summed E-state index contributed by atoms with van der Waals surface area (Å²) in [6.45, 7) is -0.141. The average molecular weight is 382 g/mol. The molecule has 2 heterocycles. The van der Waals surface area contributed by atoms with Crippen molar-refractivity contribution in [3.05, 3.63) is 59.6 Å². The van der Waals surface area contributed by atoms with Gasteiger partial charge in [-0.05, 0) is 24.3 Å². The number of likely N-dealkylation sites (N-methyl/N-ethyl adjacent to an activating group) is 1. The van der Waals surface area contributed by atoms with Gasteiger partial charge in [0.05, 0.1) is 11.3 Å². The number of carbonyl (C=O) groups excluding carboxylic acids is 2. The van der Waals surface area contributed by atoms with Crippen LogP contribution in [-0.4, -0.2) is 47.4 Å². The second kappa shape index (κ2) is 8.41. The molecule has 0 bridgehead atoms. The molecule has 27 heavy (non-hydrogen) atoms. The van der Waals surface area contributed by atoms with E-state index in [9.17, 15) is 9.59 Å². The number of para-hydroxylation sites is 1. The van der Waals surface area contributed by atoms with Gasteiger partial charge in [0.25, 0.3) is 11.8 Å². The lowest BCUT2D eigenvalue weighted by Crippen LogP contribution is -2.28. The Hall–Kier alpha value is -3.26. The highest BCUT2D eigenvalue weighted by atomic mass is 32.1. The van der Waals surface area contributed by atoms with Crippen LogP contribution in [0.2, 0.25) is 0 Å². The number of carbonyl (C=O) groups is 2. The van der Waals surface area contributed by atoms with Gasteiger partial charge < -0.3 is 9.64 Å². The van der Waals surface area contributed by atoms with Crippen LogP contribution in [0.15, 0.2) is 54.0 Å². The van der Waals surface area contributed by atoms with Crippen LogP contribution >= 0.6 is 11.3 Å². The maximum absolute atomic E-state index is 12.6. The minimum atomic E-state index is -0.357. The molecule has 0 fully saturated rings. The number of benzene rings is 1. The number of nitrogens with zero attached hydrogens (tertiary/aromatic N) is 3. The number of rotatable bonds is 6. The fourth-order valence-electron chi connectivity index (χ4n) is 2.18. The summed E-state index contributed by atoms with van der Waals surface area (Å²) in [6, 6.07) is 12.3. The van der Waals surface area contributed by atoms with Crippen molar-refractivity contribution in [2.75, 3.05) is 26.0 Å². The number of amides is 2. The Bertz CT molecular complexity index is 941. The number of hydrogen-bond donors (Lipinski definition) is 1. The van der Waals surface area contributed by atoms with Gasteiger partial charge in [-0.15, -0.1) is 11.3 Å². The third-order valence-electron chi connectivity index (χ3n) is 3.63. The first-order chi connectivity index (χ1) is 13.0. The number of anilines is 1. The van der Waals surface area contributed by atoms with Gasteiger partial charge in [-0.25, -0.2) is 4.98 Å². The van der Waals surface area contributed by atoms with Crippen molar-refractivity contribution in [2.24, 2.45) is 0 Å². The number of nitrogens with one attached hydrogen (secondary N) is 1. The van der Waals surface area contributed by atoms with Crippen LogP contribution < -0.4 is 10.1 Å². The molecule has 2 aromatic heterocycles. The predicted molar refractivity (Wildman–Crippen MR) is 104 cm³/mol. The molecule has 0 saturated carbocycles. The van der Waals surface area contributed by atoms with Gasteiger partial charge in [0, 0.05) is 25.7 Å². The minimum Gasteiger partial charge on any atom is -0.483 e. The van der Waals surface area contributed by atoms with Crippen LogP contribution in [0.25, 0.3) is 11.4 Å². The molecule has 7 nitrogen and oxygen atoms in total. The molecular weight excluding hydrogens is 364 g/mol. The Labute approximate surface area is 160 Å². The molecule has 3 aromatic rings. The van der Waals surface area contributed by atoms with E-state index in [2.05, 4.69) is 15.3 Å². The lowest BCUT2D eigenvalue weighted by molar-refractivity contribution is -0.130. The van der Waals surface area contributed by atoms with Gasteiger partial charge in [-0.2, -0.15) is 0 Å². The van der Waals surface area contributed by atoms with Crippen molar-refractivity contribution in [2.45, 2.75) is 0 Å². The van der Waals surface area contributed by atoms with E-state index < -0.39 is 0 Å². The van der Waals surface area contributed by atoms with Gasteiger partial charge >= 0.3 is 0 Å². The van der Waals surface area contributed by atoms with E-state index in [1.807, 2.05) is 23.6 Å². The van der Waals surface area contributed by atoms with Crippen LogP contribution in [-0.2, 0) is 4.79 Å². The minimum absolute atomic E-state index is 0.141. The van der Waals surface area contributed by atoms with E-state index in [0.29, 0.717) is 22.1 Å². The molecule has 0 unspecified atom stereocenters. The summed E-state index contributed by atoms with van der Waals surface area (Å²) < 4.78 is 5.51. The Morgan fingerprint density at radius 3 is 2.63 bits per heavy atom. The lowest BCUT2D eigenvalue weighted by Gasteiger charge is -2.13. The van der Waals surface area contributed by atoms with Gasteiger partial charge in [0.1, 0.15) is 11.4 Å². The van der Waals surface area contributed by atoms with Crippen LogP contribution in [0.1, 0.15) is 10.4 Å². The number of ether oxygens (including phenoxy) is 1. The summed E-state index contributed by atoms with van der Waals surface area (Å²) in [6.07, 6.45) is 1.69. The van der Waals surface area contributed by atoms with Crippen molar-refractivity contribution >= 4 is 28.3 Å². The molecular formula is C19H18N4O3S. The van der Waals surface area contributed by atoms with Crippen molar-refractivity contribution < 1.29 is 14.3 Å². The topological polar surface area (TPSA) is 84.4 Å². The molecule has 138 valence electrons. The van der Waals surface area contributed by atoms with Crippen molar-refractivity contribution in [1.29, 1.82) is 0 Å². The molecule has 0 aliphatic rings. The summed E-state index contributed by atoms with van der Waals surface area (Å²) in [4.78, 5) is 34.4. The zero-order valence-corrected chi connectivity index (χ0v) is 15.7. The first kappa shape index (κ1) is 18.5. The molecule has 8 heteroatoms. The Kier molecular flexibility index (Phi) is 5.77. The SMILES string of the molecule is CN(C)C(=O)COc1ccccc1C(=O)Nc1nc(-c2ccccn2)cs1. The number of pyridine rings is 1. The maximum Gasteiger partial charge on any atom is 0.261 e. The van der Waals surface area contributed by atoms with Gasteiger partial charge in [0.2, 0.25) is 0 Å².